The van der Waals surface area contributed by atoms with Crippen LogP contribution in [0.5, 0.6) is 0 Å². The second kappa shape index (κ2) is 7.22. The lowest BCUT2D eigenvalue weighted by Gasteiger charge is -2.20. The zero-order valence-corrected chi connectivity index (χ0v) is 15.6. The number of aromatic amines is 1. The Balaban J connectivity index is 1.51. The Labute approximate surface area is 157 Å². The number of benzene rings is 2. The molecule has 0 bridgehead atoms. The molecule has 0 aliphatic heterocycles. The van der Waals surface area contributed by atoms with Gasteiger partial charge in [-0.2, -0.15) is 0 Å². The van der Waals surface area contributed by atoms with Crippen LogP contribution in [-0.2, 0) is 19.4 Å². The maximum Gasteiger partial charge on any atom is 0.258 e. The Hall–Kier alpha value is -2.17. The van der Waals surface area contributed by atoms with Gasteiger partial charge in [0.05, 0.1) is 17.4 Å². The van der Waals surface area contributed by atoms with E-state index < -0.39 is 0 Å². The van der Waals surface area contributed by atoms with Crippen LogP contribution in [0.15, 0.2) is 41.2 Å². The maximum absolute atomic E-state index is 12.2. The molecule has 1 heterocycles. The average molecular weight is 368 g/mol. The van der Waals surface area contributed by atoms with E-state index in [1.165, 1.54) is 42.4 Å². The van der Waals surface area contributed by atoms with Crippen LogP contribution in [0, 0.1) is 0 Å². The normalized spacial score (nSPS) is 15.0. The Morgan fingerprint density at radius 2 is 1.96 bits per heavy atom. The van der Waals surface area contributed by atoms with Crippen LogP contribution < -0.4 is 10.9 Å². The molecule has 0 spiro atoms. The van der Waals surface area contributed by atoms with Crippen LogP contribution >= 0.6 is 11.6 Å². The number of hydrogen-bond acceptors (Lipinski definition) is 3. The summed E-state index contributed by atoms with van der Waals surface area (Å²) in [4.78, 5) is 19.6. The van der Waals surface area contributed by atoms with Crippen LogP contribution in [0.1, 0.15) is 48.3 Å². The molecule has 2 N–H and O–H groups in total. The van der Waals surface area contributed by atoms with Gasteiger partial charge < -0.3 is 10.3 Å². The summed E-state index contributed by atoms with van der Waals surface area (Å²) in [5.74, 6) is 0.634. The summed E-state index contributed by atoms with van der Waals surface area (Å²) in [6, 6.07) is 12.2. The van der Waals surface area contributed by atoms with E-state index in [4.69, 9.17) is 11.6 Å². The number of nitrogens with zero attached hydrogens (tertiary/aromatic N) is 1. The van der Waals surface area contributed by atoms with Crippen molar-refractivity contribution in [1.82, 2.24) is 15.3 Å². The first-order valence-electron chi connectivity index (χ1n) is 9.14. The van der Waals surface area contributed by atoms with Crippen LogP contribution in [0.25, 0.3) is 10.9 Å². The molecule has 0 saturated carbocycles. The van der Waals surface area contributed by atoms with E-state index in [1.54, 1.807) is 18.2 Å². The number of aromatic nitrogens is 2. The molecule has 1 atom stereocenters. The first-order valence-corrected chi connectivity index (χ1v) is 9.51. The van der Waals surface area contributed by atoms with Gasteiger partial charge >= 0.3 is 0 Å². The third-order valence-corrected chi connectivity index (χ3v) is 5.40. The molecule has 1 aliphatic carbocycles. The van der Waals surface area contributed by atoms with Gasteiger partial charge in [0.1, 0.15) is 5.82 Å². The lowest BCUT2D eigenvalue weighted by molar-refractivity contribution is 0.557. The van der Waals surface area contributed by atoms with Gasteiger partial charge in [-0.05, 0) is 67.5 Å². The summed E-state index contributed by atoms with van der Waals surface area (Å²) in [6.45, 7) is 2.65. The number of hydrogen-bond donors (Lipinski definition) is 2. The van der Waals surface area contributed by atoms with E-state index in [9.17, 15) is 4.79 Å². The van der Waals surface area contributed by atoms with Crippen molar-refractivity contribution < 1.29 is 0 Å². The van der Waals surface area contributed by atoms with E-state index in [0.29, 0.717) is 28.3 Å². The number of nitrogens with one attached hydrogen (secondary N) is 2. The van der Waals surface area contributed by atoms with Crippen molar-refractivity contribution in [1.29, 1.82) is 0 Å². The lowest BCUT2D eigenvalue weighted by atomic mass is 9.89. The summed E-state index contributed by atoms with van der Waals surface area (Å²) in [6.07, 6.45) is 4.96. The Kier molecular flexibility index (Phi) is 4.79. The molecule has 4 nitrogen and oxygen atoms in total. The minimum Gasteiger partial charge on any atom is -0.309 e. The first kappa shape index (κ1) is 17.3. The topological polar surface area (TPSA) is 57.8 Å². The van der Waals surface area contributed by atoms with E-state index in [-0.39, 0.29) is 11.6 Å². The highest BCUT2D eigenvalue weighted by Crippen LogP contribution is 2.25. The van der Waals surface area contributed by atoms with Gasteiger partial charge in [0, 0.05) is 11.1 Å². The second-order valence-corrected chi connectivity index (χ2v) is 7.45. The monoisotopic (exact) mass is 367 g/mol. The number of rotatable bonds is 4. The zero-order chi connectivity index (χ0) is 18.1. The molecule has 134 valence electrons. The molecule has 2 aromatic carbocycles. The molecule has 0 amide bonds. The van der Waals surface area contributed by atoms with Crippen LogP contribution in [0.4, 0.5) is 0 Å². The number of H-pyrrole nitrogens is 1. The zero-order valence-electron chi connectivity index (χ0n) is 14.8. The molecule has 26 heavy (non-hydrogen) atoms. The molecule has 1 aromatic heterocycles. The highest BCUT2D eigenvalue weighted by Gasteiger charge is 2.13. The van der Waals surface area contributed by atoms with Crippen molar-refractivity contribution >= 4 is 22.5 Å². The highest BCUT2D eigenvalue weighted by molar-refractivity contribution is 6.31. The fourth-order valence-corrected chi connectivity index (χ4v) is 3.81. The summed E-state index contributed by atoms with van der Waals surface area (Å²) in [5.41, 5.74) is 4.76. The van der Waals surface area contributed by atoms with Gasteiger partial charge in [-0.1, -0.05) is 29.8 Å². The van der Waals surface area contributed by atoms with E-state index in [0.717, 1.165) is 0 Å². The van der Waals surface area contributed by atoms with Crippen molar-refractivity contribution in [3.8, 4) is 0 Å². The highest BCUT2D eigenvalue weighted by atomic mass is 35.5. The van der Waals surface area contributed by atoms with Gasteiger partial charge in [-0.15, -0.1) is 0 Å². The van der Waals surface area contributed by atoms with Crippen LogP contribution in [-0.4, -0.2) is 9.97 Å². The van der Waals surface area contributed by atoms with Gasteiger partial charge in [-0.25, -0.2) is 4.98 Å². The molecular formula is C21H22ClN3O. The largest absolute Gasteiger partial charge is 0.309 e. The SMILES string of the molecule is C[C@@H](NCc1nc2ccc(Cl)cc2c(=O)[nH]1)c1ccc2c(c1)CCCC2. The molecule has 5 heteroatoms. The van der Waals surface area contributed by atoms with Crippen molar-refractivity contribution in [3.63, 3.8) is 0 Å². The summed E-state index contributed by atoms with van der Waals surface area (Å²) in [5, 5.41) is 4.52. The third-order valence-electron chi connectivity index (χ3n) is 5.16. The van der Waals surface area contributed by atoms with E-state index in [1.807, 2.05) is 0 Å². The van der Waals surface area contributed by atoms with Crippen molar-refractivity contribution in [3.05, 3.63) is 74.3 Å². The lowest BCUT2D eigenvalue weighted by Crippen LogP contribution is -2.22. The minimum atomic E-state index is -0.157. The quantitative estimate of drug-likeness (QED) is 0.722. The van der Waals surface area contributed by atoms with E-state index in [2.05, 4.69) is 40.4 Å². The van der Waals surface area contributed by atoms with Gasteiger partial charge in [-0.3, -0.25) is 4.79 Å². The standard InChI is InChI=1S/C21H22ClN3O/c1-13(15-7-6-14-4-2-3-5-16(14)10-15)23-12-20-24-19-9-8-17(22)11-18(19)21(26)25-20/h6-11,13,23H,2-5,12H2,1H3,(H,24,25,26)/t13-/m1/s1. The first-order chi connectivity index (χ1) is 12.6. The fraction of sp³-hybridized carbons (Fsp3) is 0.333. The Morgan fingerprint density at radius 3 is 2.81 bits per heavy atom. The molecule has 4 rings (SSSR count). The van der Waals surface area contributed by atoms with Crippen LogP contribution in [0.2, 0.25) is 5.02 Å². The fourth-order valence-electron chi connectivity index (χ4n) is 3.63. The molecular weight excluding hydrogens is 346 g/mol. The summed E-state index contributed by atoms with van der Waals surface area (Å²) >= 11 is 5.96. The van der Waals surface area contributed by atoms with E-state index >= 15 is 0 Å². The molecule has 3 aromatic rings. The predicted octanol–water partition coefficient (Wildman–Crippen LogP) is 4.31. The smallest absolute Gasteiger partial charge is 0.258 e. The second-order valence-electron chi connectivity index (χ2n) is 7.01. The molecule has 0 unspecified atom stereocenters. The average Bonchev–Trinajstić information content (AvgIpc) is 2.66. The van der Waals surface area contributed by atoms with Gasteiger partial charge in [0.2, 0.25) is 0 Å². The number of aryl methyl sites for hydroxylation is 2. The molecule has 0 saturated heterocycles. The van der Waals surface area contributed by atoms with Crippen molar-refractivity contribution in [2.24, 2.45) is 0 Å². The van der Waals surface area contributed by atoms with Gasteiger partial charge in [0.15, 0.2) is 0 Å². The van der Waals surface area contributed by atoms with Crippen LogP contribution in [0.3, 0.4) is 0 Å². The summed E-state index contributed by atoms with van der Waals surface area (Å²) < 4.78 is 0. The molecule has 1 aliphatic rings. The Bertz CT molecular complexity index is 1010. The predicted molar refractivity (Wildman–Crippen MR) is 106 cm³/mol. The maximum atomic E-state index is 12.2. The number of halogens is 1. The number of fused-ring (bicyclic) bond motifs is 2. The Morgan fingerprint density at radius 1 is 1.15 bits per heavy atom. The molecule has 0 fully saturated rings. The van der Waals surface area contributed by atoms with Crippen molar-refractivity contribution in [2.45, 2.75) is 45.2 Å². The third kappa shape index (κ3) is 3.53. The minimum absolute atomic E-state index is 0.157. The molecule has 0 radical (unpaired) electrons. The van der Waals surface area contributed by atoms with Crippen molar-refractivity contribution in [2.75, 3.05) is 0 Å². The summed E-state index contributed by atoms with van der Waals surface area (Å²) in [7, 11) is 0. The van der Waals surface area contributed by atoms with Gasteiger partial charge in [0.25, 0.3) is 5.56 Å².